The van der Waals surface area contributed by atoms with Crippen molar-refractivity contribution in [3.63, 3.8) is 0 Å². The molecule has 1 N–H and O–H groups in total. The highest BCUT2D eigenvalue weighted by Crippen LogP contribution is 2.27. The van der Waals surface area contributed by atoms with Crippen LogP contribution in [0.5, 0.6) is 5.75 Å². The van der Waals surface area contributed by atoms with Crippen molar-refractivity contribution in [2.45, 2.75) is 0 Å². The molecule has 2 aromatic rings. The second kappa shape index (κ2) is 5.10. The topological polar surface area (TPSA) is 56.1 Å². The fourth-order valence-electron chi connectivity index (χ4n) is 1.53. The van der Waals surface area contributed by atoms with Crippen molar-refractivity contribution in [2.75, 3.05) is 12.4 Å². The summed E-state index contributed by atoms with van der Waals surface area (Å²) in [5, 5.41) is 7.18. The normalized spacial score (nSPS) is 10.2. The molecular weight excluding hydrogens is 254 g/mol. The van der Waals surface area contributed by atoms with E-state index in [2.05, 4.69) is 10.4 Å². The number of anilines is 1. The Balaban J connectivity index is 2.20. The average Bonchev–Trinajstić information content (AvgIpc) is 2.78. The standard InChI is InChI=1S/C12H12ClN3O2/c1-16-10(5-6-14-16)12(17)15-8-3-4-9(13)11(7-8)18-2/h3-7H,1-2H3,(H,15,17). The number of ether oxygens (including phenoxy) is 1. The molecule has 0 fully saturated rings. The summed E-state index contributed by atoms with van der Waals surface area (Å²) in [6.45, 7) is 0. The number of carbonyl (C=O) groups is 1. The second-order valence-electron chi connectivity index (χ2n) is 3.64. The number of carbonyl (C=O) groups excluding carboxylic acids is 1. The second-order valence-corrected chi connectivity index (χ2v) is 4.05. The van der Waals surface area contributed by atoms with Gasteiger partial charge in [0.15, 0.2) is 0 Å². The van der Waals surface area contributed by atoms with Gasteiger partial charge in [0, 0.05) is 25.0 Å². The number of nitrogens with one attached hydrogen (secondary N) is 1. The number of aryl methyl sites for hydroxylation is 1. The third kappa shape index (κ3) is 2.46. The summed E-state index contributed by atoms with van der Waals surface area (Å²) in [5.41, 5.74) is 1.09. The van der Waals surface area contributed by atoms with E-state index < -0.39 is 0 Å². The summed E-state index contributed by atoms with van der Waals surface area (Å²) in [5.74, 6) is 0.277. The van der Waals surface area contributed by atoms with Crippen molar-refractivity contribution in [2.24, 2.45) is 7.05 Å². The molecule has 0 aliphatic rings. The Morgan fingerprint density at radius 1 is 1.44 bits per heavy atom. The van der Waals surface area contributed by atoms with Gasteiger partial charge < -0.3 is 10.1 Å². The Hall–Kier alpha value is -2.01. The molecule has 0 aliphatic carbocycles. The highest BCUT2D eigenvalue weighted by molar-refractivity contribution is 6.32. The van der Waals surface area contributed by atoms with Crippen molar-refractivity contribution in [3.05, 3.63) is 41.2 Å². The monoisotopic (exact) mass is 265 g/mol. The number of amides is 1. The molecule has 0 saturated heterocycles. The van der Waals surface area contributed by atoms with E-state index in [-0.39, 0.29) is 5.91 Å². The molecule has 0 radical (unpaired) electrons. The number of hydrogen-bond donors (Lipinski definition) is 1. The molecule has 0 bridgehead atoms. The quantitative estimate of drug-likeness (QED) is 0.927. The van der Waals surface area contributed by atoms with Crippen LogP contribution in [-0.2, 0) is 7.05 Å². The third-order valence-electron chi connectivity index (χ3n) is 2.46. The number of halogens is 1. The van der Waals surface area contributed by atoms with Crippen LogP contribution >= 0.6 is 11.6 Å². The van der Waals surface area contributed by atoms with Gasteiger partial charge in [-0.3, -0.25) is 9.48 Å². The number of benzene rings is 1. The first-order chi connectivity index (χ1) is 8.61. The van der Waals surface area contributed by atoms with E-state index in [4.69, 9.17) is 16.3 Å². The number of methoxy groups -OCH3 is 1. The number of aromatic nitrogens is 2. The molecule has 0 unspecified atom stereocenters. The maximum Gasteiger partial charge on any atom is 0.273 e. The highest BCUT2D eigenvalue weighted by Gasteiger charge is 2.11. The molecule has 0 spiro atoms. The molecule has 1 heterocycles. The van der Waals surface area contributed by atoms with E-state index in [9.17, 15) is 4.79 Å². The third-order valence-corrected chi connectivity index (χ3v) is 2.77. The summed E-state index contributed by atoms with van der Waals surface area (Å²) >= 11 is 5.91. The van der Waals surface area contributed by atoms with Crippen molar-refractivity contribution >= 4 is 23.2 Å². The van der Waals surface area contributed by atoms with Crippen LogP contribution in [0.15, 0.2) is 30.5 Å². The van der Waals surface area contributed by atoms with Crippen LogP contribution in [0.3, 0.4) is 0 Å². The fourth-order valence-corrected chi connectivity index (χ4v) is 1.72. The van der Waals surface area contributed by atoms with Crippen LogP contribution in [0.1, 0.15) is 10.5 Å². The van der Waals surface area contributed by atoms with Crippen LogP contribution in [-0.4, -0.2) is 22.8 Å². The molecular formula is C12H12ClN3O2. The van der Waals surface area contributed by atoms with Gasteiger partial charge in [0.2, 0.25) is 0 Å². The first-order valence-electron chi connectivity index (χ1n) is 5.24. The predicted molar refractivity (Wildman–Crippen MR) is 69.2 cm³/mol. The van der Waals surface area contributed by atoms with Crippen molar-refractivity contribution in [3.8, 4) is 5.75 Å². The van der Waals surface area contributed by atoms with Crippen LogP contribution in [0.25, 0.3) is 0 Å². The Labute approximate surface area is 109 Å². The first kappa shape index (κ1) is 12.4. The van der Waals surface area contributed by atoms with Crippen molar-refractivity contribution < 1.29 is 9.53 Å². The minimum absolute atomic E-state index is 0.237. The lowest BCUT2D eigenvalue weighted by Gasteiger charge is -2.08. The first-order valence-corrected chi connectivity index (χ1v) is 5.62. The number of hydrogen-bond acceptors (Lipinski definition) is 3. The fraction of sp³-hybridized carbons (Fsp3) is 0.167. The van der Waals surface area contributed by atoms with Crippen LogP contribution in [0.4, 0.5) is 5.69 Å². The van der Waals surface area contributed by atoms with Gasteiger partial charge in [0.05, 0.1) is 12.1 Å². The minimum Gasteiger partial charge on any atom is -0.495 e. The molecule has 0 atom stereocenters. The highest BCUT2D eigenvalue weighted by atomic mass is 35.5. The van der Waals surface area contributed by atoms with Gasteiger partial charge in [-0.25, -0.2) is 0 Å². The molecule has 2 rings (SSSR count). The summed E-state index contributed by atoms with van der Waals surface area (Å²) in [6, 6.07) is 6.68. The molecule has 1 aromatic carbocycles. The van der Waals surface area contributed by atoms with Crippen LogP contribution < -0.4 is 10.1 Å². The lowest BCUT2D eigenvalue weighted by atomic mass is 10.3. The van der Waals surface area contributed by atoms with Gasteiger partial charge in [-0.2, -0.15) is 5.10 Å². The predicted octanol–water partition coefficient (Wildman–Crippen LogP) is 2.33. The lowest BCUT2D eigenvalue weighted by molar-refractivity contribution is 0.101. The van der Waals surface area contributed by atoms with E-state index in [1.54, 1.807) is 37.5 Å². The molecule has 0 aliphatic heterocycles. The van der Waals surface area contributed by atoms with Gasteiger partial charge in [0.25, 0.3) is 5.91 Å². The average molecular weight is 266 g/mol. The minimum atomic E-state index is -0.237. The maximum atomic E-state index is 11.9. The van der Waals surface area contributed by atoms with E-state index in [1.165, 1.54) is 11.8 Å². The molecule has 18 heavy (non-hydrogen) atoms. The van der Waals surface area contributed by atoms with E-state index in [1.807, 2.05) is 0 Å². The van der Waals surface area contributed by atoms with Crippen molar-refractivity contribution in [1.82, 2.24) is 9.78 Å². The van der Waals surface area contributed by atoms with E-state index >= 15 is 0 Å². The van der Waals surface area contributed by atoms with Crippen molar-refractivity contribution in [1.29, 1.82) is 0 Å². The Morgan fingerprint density at radius 2 is 2.22 bits per heavy atom. The maximum absolute atomic E-state index is 11.9. The zero-order valence-electron chi connectivity index (χ0n) is 9.98. The molecule has 94 valence electrons. The SMILES string of the molecule is COc1cc(NC(=O)c2ccnn2C)ccc1Cl. The zero-order chi connectivity index (χ0) is 13.1. The van der Waals surface area contributed by atoms with Gasteiger partial charge in [-0.1, -0.05) is 11.6 Å². The van der Waals surface area contributed by atoms with E-state index in [0.717, 1.165) is 0 Å². The Kier molecular flexibility index (Phi) is 3.53. The Morgan fingerprint density at radius 3 is 2.83 bits per heavy atom. The summed E-state index contributed by atoms with van der Waals surface area (Å²) in [4.78, 5) is 11.9. The molecule has 0 saturated carbocycles. The van der Waals surface area contributed by atoms with Gasteiger partial charge >= 0.3 is 0 Å². The van der Waals surface area contributed by atoms with Gasteiger partial charge in [-0.05, 0) is 18.2 Å². The van der Waals surface area contributed by atoms with Crippen LogP contribution in [0.2, 0.25) is 5.02 Å². The van der Waals surface area contributed by atoms with E-state index in [0.29, 0.717) is 22.2 Å². The number of nitrogens with zero attached hydrogens (tertiary/aromatic N) is 2. The van der Waals surface area contributed by atoms with Crippen LogP contribution in [0, 0.1) is 0 Å². The van der Waals surface area contributed by atoms with Gasteiger partial charge in [-0.15, -0.1) is 0 Å². The molecule has 1 aromatic heterocycles. The molecule has 5 nitrogen and oxygen atoms in total. The largest absolute Gasteiger partial charge is 0.495 e. The van der Waals surface area contributed by atoms with Gasteiger partial charge in [0.1, 0.15) is 11.4 Å². The summed E-state index contributed by atoms with van der Waals surface area (Å²) in [7, 11) is 3.23. The lowest BCUT2D eigenvalue weighted by Crippen LogP contribution is -2.16. The molecule has 1 amide bonds. The summed E-state index contributed by atoms with van der Waals surface area (Å²) < 4.78 is 6.58. The number of rotatable bonds is 3. The smallest absolute Gasteiger partial charge is 0.273 e. The Bertz CT molecular complexity index is 580. The molecule has 6 heteroatoms. The zero-order valence-corrected chi connectivity index (χ0v) is 10.7. The summed E-state index contributed by atoms with van der Waals surface area (Å²) in [6.07, 6.45) is 1.57.